The molecule has 1 aromatic heterocycles. The van der Waals surface area contributed by atoms with Gasteiger partial charge in [-0.25, -0.2) is 0 Å². The van der Waals surface area contributed by atoms with Gasteiger partial charge in [-0.1, -0.05) is 0 Å². The Hall–Kier alpha value is -0.290. The van der Waals surface area contributed by atoms with Gasteiger partial charge in [-0.2, -0.15) is 5.10 Å². The van der Waals surface area contributed by atoms with E-state index in [4.69, 9.17) is 5.73 Å². The average Bonchev–Trinajstić information content (AvgIpc) is 2.72. The molecule has 0 aliphatic carbocycles. The van der Waals surface area contributed by atoms with Crippen LogP contribution < -0.4 is 5.73 Å². The van der Waals surface area contributed by atoms with Crippen LogP contribution in [-0.4, -0.2) is 33.8 Å². The monoisotopic (exact) mass is 280 g/mol. The van der Waals surface area contributed by atoms with E-state index in [0.717, 1.165) is 6.54 Å². The van der Waals surface area contributed by atoms with E-state index in [1.165, 1.54) is 24.9 Å². The number of nitrogens with zero attached hydrogens (tertiary/aromatic N) is 3. The normalized spacial score (nSPS) is 21.7. The zero-order chi connectivity index (χ0) is 10.8. The first kappa shape index (κ1) is 16.7. The standard InChI is InChI=1S/C11H20N4.2ClH/c1-9(12)7-15-5-3-4-11(15)10-6-13-14(2)8-10;;/h6,8-9,11H,3-5,7,12H2,1-2H3;2*1H. The van der Waals surface area contributed by atoms with Gasteiger partial charge in [0.25, 0.3) is 0 Å². The van der Waals surface area contributed by atoms with Gasteiger partial charge >= 0.3 is 0 Å². The molecule has 2 atom stereocenters. The van der Waals surface area contributed by atoms with E-state index in [9.17, 15) is 0 Å². The number of aromatic nitrogens is 2. The molecule has 4 nitrogen and oxygen atoms in total. The van der Waals surface area contributed by atoms with Gasteiger partial charge in [0.05, 0.1) is 6.20 Å². The van der Waals surface area contributed by atoms with E-state index in [1.807, 2.05) is 17.9 Å². The molecule has 6 heteroatoms. The van der Waals surface area contributed by atoms with Crippen molar-refractivity contribution in [2.45, 2.75) is 31.8 Å². The van der Waals surface area contributed by atoms with E-state index in [1.54, 1.807) is 0 Å². The fourth-order valence-electron chi connectivity index (χ4n) is 2.40. The minimum atomic E-state index is 0. The largest absolute Gasteiger partial charge is 0.327 e. The molecule has 0 amide bonds. The van der Waals surface area contributed by atoms with Crippen LogP contribution in [0.4, 0.5) is 0 Å². The van der Waals surface area contributed by atoms with Crippen molar-refractivity contribution >= 4 is 24.8 Å². The maximum absolute atomic E-state index is 5.86. The van der Waals surface area contributed by atoms with E-state index in [-0.39, 0.29) is 30.9 Å². The average molecular weight is 281 g/mol. The number of rotatable bonds is 3. The number of nitrogens with two attached hydrogens (primary N) is 1. The number of hydrogen-bond acceptors (Lipinski definition) is 3. The maximum Gasteiger partial charge on any atom is 0.0537 e. The predicted octanol–water partition coefficient (Wildman–Crippen LogP) is 1.75. The predicted molar refractivity (Wildman–Crippen MR) is 74.9 cm³/mol. The molecule has 2 rings (SSSR count). The molecule has 0 bridgehead atoms. The second-order valence-corrected chi connectivity index (χ2v) is 4.58. The van der Waals surface area contributed by atoms with E-state index >= 15 is 0 Å². The van der Waals surface area contributed by atoms with Crippen LogP contribution in [0.5, 0.6) is 0 Å². The minimum absolute atomic E-state index is 0. The highest BCUT2D eigenvalue weighted by molar-refractivity contribution is 5.85. The Bertz CT molecular complexity index is 327. The Labute approximate surface area is 115 Å². The summed E-state index contributed by atoms with van der Waals surface area (Å²) in [6.45, 7) is 4.22. The molecule has 17 heavy (non-hydrogen) atoms. The summed E-state index contributed by atoms with van der Waals surface area (Å²) in [6.07, 6.45) is 6.60. The molecule has 1 aliphatic heterocycles. The smallest absolute Gasteiger partial charge is 0.0537 e. The number of aryl methyl sites for hydroxylation is 1. The quantitative estimate of drug-likeness (QED) is 0.918. The van der Waals surface area contributed by atoms with Gasteiger partial charge < -0.3 is 5.73 Å². The molecule has 100 valence electrons. The number of hydrogen-bond donors (Lipinski definition) is 1. The Balaban J connectivity index is 0.00000128. The Morgan fingerprint density at radius 3 is 2.76 bits per heavy atom. The van der Waals surface area contributed by atoms with Crippen molar-refractivity contribution < 1.29 is 0 Å². The lowest BCUT2D eigenvalue weighted by atomic mass is 10.1. The zero-order valence-electron chi connectivity index (χ0n) is 10.4. The van der Waals surface area contributed by atoms with Crippen LogP contribution in [0.15, 0.2) is 12.4 Å². The number of likely N-dealkylation sites (tertiary alicyclic amines) is 1. The van der Waals surface area contributed by atoms with Crippen LogP contribution in [0.2, 0.25) is 0 Å². The van der Waals surface area contributed by atoms with E-state index < -0.39 is 0 Å². The lowest BCUT2D eigenvalue weighted by molar-refractivity contribution is 0.245. The van der Waals surface area contributed by atoms with Crippen LogP contribution in [-0.2, 0) is 7.05 Å². The van der Waals surface area contributed by atoms with Crippen LogP contribution in [0.25, 0.3) is 0 Å². The highest BCUT2D eigenvalue weighted by Gasteiger charge is 2.27. The van der Waals surface area contributed by atoms with Gasteiger partial charge in [-0.15, -0.1) is 24.8 Å². The molecule has 1 aliphatic rings. The molecule has 1 saturated heterocycles. The second-order valence-electron chi connectivity index (χ2n) is 4.58. The van der Waals surface area contributed by atoms with Crippen LogP contribution in [0.3, 0.4) is 0 Å². The first-order valence-corrected chi connectivity index (χ1v) is 5.65. The van der Waals surface area contributed by atoms with Crippen LogP contribution in [0, 0.1) is 0 Å². The summed E-state index contributed by atoms with van der Waals surface area (Å²) >= 11 is 0. The van der Waals surface area contributed by atoms with Crippen molar-refractivity contribution in [3.05, 3.63) is 18.0 Å². The summed E-state index contributed by atoms with van der Waals surface area (Å²) in [5.74, 6) is 0. The molecule has 2 unspecified atom stereocenters. The van der Waals surface area contributed by atoms with Crippen molar-refractivity contribution in [1.82, 2.24) is 14.7 Å². The first-order chi connectivity index (χ1) is 7.16. The second kappa shape index (κ2) is 7.21. The summed E-state index contributed by atoms with van der Waals surface area (Å²) in [7, 11) is 1.97. The summed E-state index contributed by atoms with van der Waals surface area (Å²) < 4.78 is 1.87. The first-order valence-electron chi connectivity index (χ1n) is 5.65. The van der Waals surface area contributed by atoms with E-state index in [0.29, 0.717) is 6.04 Å². The van der Waals surface area contributed by atoms with Crippen molar-refractivity contribution in [2.75, 3.05) is 13.1 Å². The Morgan fingerprint density at radius 2 is 2.24 bits per heavy atom. The summed E-state index contributed by atoms with van der Waals surface area (Å²) in [4.78, 5) is 2.47. The zero-order valence-corrected chi connectivity index (χ0v) is 12.0. The summed E-state index contributed by atoms with van der Waals surface area (Å²) in [5.41, 5.74) is 7.18. The van der Waals surface area contributed by atoms with Crippen molar-refractivity contribution in [3.8, 4) is 0 Å². The fraction of sp³-hybridized carbons (Fsp3) is 0.727. The van der Waals surface area contributed by atoms with Gasteiger partial charge in [0, 0.05) is 37.4 Å². The van der Waals surface area contributed by atoms with E-state index in [2.05, 4.69) is 23.1 Å². The topological polar surface area (TPSA) is 47.1 Å². The molecule has 1 fully saturated rings. The molecular weight excluding hydrogens is 259 g/mol. The fourth-order valence-corrected chi connectivity index (χ4v) is 2.40. The molecule has 1 aromatic rings. The summed E-state index contributed by atoms with van der Waals surface area (Å²) in [5, 5.41) is 4.23. The summed E-state index contributed by atoms with van der Waals surface area (Å²) in [6, 6.07) is 0.784. The van der Waals surface area contributed by atoms with Crippen molar-refractivity contribution in [1.29, 1.82) is 0 Å². The number of halogens is 2. The SMILES string of the molecule is CC(N)CN1CCCC1c1cnn(C)c1.Cl.Cl. The minimum Gasteiger partial charge on any atom is -0.327 e. The van der Waals surface area contributed by atoms with Crippen molar-refractivity contribution in [2.24, 2.45) is 12.8 Å². The van der Waals surface area contributed by atoms with Gasteiger partial charge in [-0.3, -0.25) is 9.58 Å². The molecule has 0 aromatic carbocycles. The third kappa shape index (κ3) is 4.14. The third-order valence-electron chi connectivity index (χ3n) is 3.00. The van der Waals surface area contributed by atoms with Crippen LogP contribution in [0.1, 0.15) is 31.4 Å². The van der Waals surface area contributed by atoms with Gasteiger partial charge in [-0.05, 0) is 26.3 Å². The Morgan fingerprint density at radius 1 is 1.53 bits per heavy atom. The lowest BCUT2D eigenvalue weighted by Gasteiger charge is -2.25. The van der Waals surface area contributed by atoms with Crippen molar-refractivity contribution in [3.63, 3.8) is 0 Å². The maximum atomic E-state index is 5.86. The molecular formula is C11H22Cl2N4. The Kier molecular flexibility index (Phi) is 7.09. The molecule has 0 spiro atoms. The molecule has 2 heterocycles. The third-order valence-corrected chi connectivity index (χ3v) is 3.00. The van der Waals surface area contributed by atoms with Gasteiger partial charge in [0.15, 0.2) is 0 Å². The molecule has 0 saturated carbocycles. The highest BCUT2D eigenvalue weighted by Crippen LogP contribution is 2.31. The molecule has 0 radical (unpaired) electrons. The van der Waals surface area contributed by atoms with Crippen LogP contribution >= 0.6 is 24.8 Å². The molecule has 2 N–H and O–H groups in total. The van der Waals surface area contributed by atoms with Gasteiger partial charge in [0.2, 0.25) is 0 Å². The lowest BCUT2D eigenvalue weighted by Crippen LogP contribution is -2.35. The van der Waals surface area contributed by atoms with Gasteiger partial charge in [0.1, 0.15) is 0 Å². The highest BCUT2D eigenvalue weighted by atomic mass is 35.5.